The first-order valence-electron chi connectivity index (χ1n) is 10.5. The lowest BCUT2D eigenvalue weighted by Crippen LogP contribution is -2.48. The van der Waals surface area contributed by atoms with Gasteiger partial charge >= 0.3 is 0 Å². The normalized spacial score (nSPS) is 16.6. The average molecular weight is 423 g/mol. The van der Waals surface area contributed by atoms with Gasteiger partial charge in [0.15, 0.2) is 5.78 Å². The van der Waals surface area contributed by atoms with Gasteiger partial charge in [0.2, 0.25) is 5.91 Å². The number of nitrogens with zero attached hydrogens (tertiary/aromatic N) is 3. The summed E-state index contributed by atoms with van der Waals surface area (Å²) in [5.74, 6) is 0.0212. The van der Waals surface area contributed by atoms with E-state index < -0.39 is 0 Å². The maximum atomic E-state index is 12.6. The SMILES string of the molecule is CC(=O)c1ccc(N2CCN(CC(=O)Nc3sc4c(c3C#N)CCCC4)CC2)cc1. The van der Waals surface area contributed by atoms with E-state index in [1.807, 2.05) is 24.3 Å². The van der Waals surface area contributed by atoms with E-state index in [-0.39, 0.29) is 11.7 Å². The van der Waals surface area contributed by atoms with E-state index in [0.717, 1.165) is 73.7 Å². The number of nitriles is 1. The van der Waals surface area contributed by atoms with Crippen LogP contribution in [0.2, 0.25) is 0 Å². The molecule has 0 saturated carbocycles. The van der Waals surface area contributed by atoms with Crippen molar-refractivity contribution in [3.05, 3.63) is 45.8 Å². The summed E-state index contributed by atoms with van der Waals surface area (Å²) in [4.78, 5) is 29.7. The summed E-state index contributed by atoms with van der Waals surface area (Å²) in [6.45, 7) is 5.18. The molecular formula is C23H26N4O2S. The fourth-order valence-corrected chi connectivity index (χ4v) is 5.47. The molecular weight excluding hydrogens is 396 g/mol. The highest BCUT2D eigenvalue weighted by atomic mass is 32.1. The highest BCUT2D eigenvalue weighted by Gasteiger charge is 2.23. The number of fused-ring (bicyclic) bond motifs is 1. The van der Waals surface area contributed by atoms with E-state index >= 15 is 0 Å². The molecule has 7 heteroatoms. The lowest BCUT2D eigenvalue weighted by Gasteiger charge is -2.35. The third kappa shape index (κ3) is 4.40. The molecule has 0 atom stereocenters. The standard InChI is InChI=1S/C23H26N4O2S/c1-16(28)17-6-8-18(9-7-17)27-12-10-26(11-13-27)15-22(29)25-23-20(14-24)19-4-2-3-5-21(19)30-23/h6-9H,2-5,10-13,15H2,1H3,(H,25,29). The van der Waals surface area contributed by atoms with E-state index in [1.54, 1.807) is 18.3 Å². The van der Waals surface area contributed by atoms with Crippen molar-refractivity contribution in [3.8, 4) is 6.07 Å². The fraction of sp³-hybridized carbons (Fsp3) is 0.435. The number of anilines is 2. The number of carbonyl (C=O) groups excluding carboxylic acids is 2. The highest BCUT2D eigenvalue weighted by molar-refractivity contribution is 7.16. The number of Topliss-reactive ketones (excluding diaryl/α,β-unsaturated/α-hetero) is 1. The molecule has 0 bridgehead atoms. The van der Waals surface area contributed by atoms with Crippen LogP contribution in [0, 0.1) is 11.3 Å². The summed E-state index contributed by atoms with van der Waals surface area (Å²) in [5.41, 5.74) is 3.64. The van der Waals surface area contributed by atoms with Crippen LogP contribution in [0.5, 0.6) is 0 Å². The van der Waals surface area contributed by atoms with E-state index in [9.17, 15) is 14.9 Å². The molecule has 2 heterocycles. The second-order valence-electron chi connectivity index (χ2n) is 7.94. The monoisotopic (exact) mass is 422 g/mol. The van der Waals surface area contributed by atoms with Crippen molar-refractivity contribution in [2.24, 2.45) is 0 Å². The van der Waals surface area contributed by atoms with Crippen molar-refractivity contribution < 1.29 is 9.59 Å². The maximum Gasteiger partial charge on any atom is 0.239 e. The van der Waals surface area contributed by atoms with Gasteiger partial charge in [-0.1, -0.05) is 0 Å². The number of carbonyl (C=O) groups is 2. The average Bonchev–Trinajstić information content (AvgIpc) is 3.11. The molecule has 1 N–H and O–H groups in total. The van der Waals surface area contributed by atoms with Gasteiger partial charge in [-0.05, 0) is 62.4 Å². The second-order valence-corrected chi connectivity index (χ2v) is 9.05. The quantitative estimate of drug-likeness (QED) is 0.747. The second kappa shape index (κ2) is 8.99. The van der Waals surface area contributed by atoms with Gasteiger partial charge in [-0.3, -0.25) is 14.5 Å². The van der Waals surface area contributed by atoms with E-state index in [2.05, 4.69) is 21.2 Å². The van der Waals surface area contributed by atoms with E-state index in [1.165, 1.54) is 4.88 Å². The van der Waals surface area contributed by atoms with Crippen molar-refractivity contribution in [2.45, 2.75) is 32.6 Å². The topological polar surface area (TPSA) is 76.4 Å². The summed E-state index contributed by atoms with van der Waals surface area (Å²) < 4.78 is 0. The number of ketones is 1. The van der Waals surface area contributed by atoms with Gasteiger partial charge in [-0.2, -0.15) is 5.26 Å². The molecule has 156 valence electrons. The molecule has 0 spiro atoms. The van der Waals surface area contributed by atoms with Crippen LogP contribution in [-0.4, -0.2) is 49.3 Å². The van der Waals surface area contributed by atoms with Gasteiger partial charge in [-0.25, -0.2) is 0 Å². The predicted molar refractivity (Wildman–Crippen MR) is 119 cm³/mol. The summed E-state index contributed by atoms with van der Waals surface area (Å²) in [6, 6.07) is 10.0. The number of nitrogens with one attached hydrogen (secondary N) is 1. The van der Waals surface area contributed by atoms with Crippen LogP contribution in [0.15, 0.2) is 24.3 Å². The first-order chi connectivity index (χ1) is 14.5. The Labute approximate surface area is 181 Å². The molecule has 1 aromatic heterocycles. The number of rotatable bonds is 5. The van der Waals surface area contributed by atoms with Crippen LogP contribution in [0.1, 0.15) is 46.1 Å². The first-order valence-corrected chi connectivity index (χ1v) is 11.3. The zero-order valence-corrected chi connectivity index (χ0v) is 18.1. The Hall–Kier alpha value is -2.69. The fourth-order valence-electron chi connectivity index (χ4n) is 4.21. The summed E-state index contributed by atoms with van der Waals surface area (Å²) in [7, 11) is 0. The number of piperazine rings is 1. The lowest BCUT2D eigenvalue weighted by atomic mass is 9.96. The predicted octanol–water partition coefficient (Wildman–Crippen LogP) is 3.46. The molecule has 1 aliphatic carbocycles. The third-order valence-corrected chi connectivity index (χ3v) is 7.12. The maximum absolute atomic E-state index is 12.6. The van der Waals surface area contributed by atoms with E-state index in [4.69, 9.17) is 0 Å². The molecule has 2 aliphatic rings. The lowest BCUT2D eigenvalue weighted by molar-refractivity contribution is -0.117. The molecule has 1 fully saturated rings. The summed E-state index contributed by atoms with van der Waals surface area (Å²) in [6.07, 6.45) is 4.24. The zero-order chi connectivity index (χ0) is 21.1. The van der Waals surface area contributed by atoms with Crippen LogP contribution in [0.3, 0.4) is 0 Å². The van der Waals surface area contributed by atoms with Gasteiger partial charge in [0.05, 0.1) is 12.1 Å². The summed E-state index contributed by atoms with van der Waals surface area (Å²) in [5, 5.41) is 13.3. The molecule has 0 unspecified atom stereocenters. The number of hydrogen-bond acceptors (Lipinski definition) is 6. The molecule has 1 aromatic carbocycles. The summed E-state index contributed by atoms with van der Waals surface area (Å²) >= 11 is 1.57. The van der Waals surface area contributed by atoms with Gasteiger partial charge < -0.3 is 10.2 Å². The molecule has 1 aliphatic heterocycles. The smallest absolute Gasteiger partial charge is 0.239 e. The number of benzene rings is 1. The molecule has 1 saturated heterocycles. The van der Waals surface area contributed by atoms with Gasteiger partial charge in [0.1, 0.15) is 11.1 Å². The highest BCUT2D eigenvalue weighted by Crippen LogP contribution is 2.37. The molecule has 2 aromatic rings. The van der Waals surface area contributed by atoms with Crippen LogP contribution < -0.4 is 10.2 Å². The Morgan fingerprint density at radius 3 is 2.47 bits per heavy atom. The van der Waals surface area contributed by atoms with Gasteiger partial charge in [0, 0.05) is 42.3 Å². The van der Waals surface area contributed by atoms with Gasteiger partial charge in [0.25, 0.3) is 0 Å². The Morgan fingerprint density at radius 2 is 1.80 bits per heavy atom. The van der Waals surface area contributed by atoms with Crippen molar-refractivity contribution in [1.82, 2.24) is 4.90 Å². The zero-order valence-electron chi connectivity index (χ0n) is 17.2. The molecule has 0 radical (unpaired) electrons. The van der Waals surface area contributed by atoms with Crippen molar-refractivity contribution >= 4 is 33.7 Å². The molecule has 6 nitrogen and oxygen atoms in total. The Balaban J connectivity index is 1.31. The molecule has 1 amide bonds. The number of amides is 1. The molecule has 4 rings (SSSR count). The Morgan fingerprint density at radius 1 is 1.10 bits per heavy atom. The van der Waals surface area contributed by atoms with Gasteiger partial charge in [-0.15, -0.1) is 11.3 Å². The number of thiophene rings is 1. The van der Waals surface area contributed by atoms with Crippen LogP contribution in [-0.2, 0) is 17.6 Å². The Kier molecular flexibility index (Phi) is 6.16. The first kappa shape index (κ1) is 20.6. The third-order valence-electron chi connectivity index (χ3n) is 5.91. The number of hydrogen-bond donors (Lipinski definition) is 1. The number of aryl methyl sites for hydroxylation is 1. The molecule has 30 heavy (non-hydrogen) atoms. The largest absolute Gasteiger partial charge is 0.369 e. The van der Waals surface area contributed by atoms with Crippen LogP contribution >= 0.6 is 11.3 Å². The van der Waals surface area contributed by atoms with Crippen molar-refractivity contribution in [3.63, 3.8) is 0 Å². The van der Waals surface area contributed by atoms with Crippen LogP contribution in [0.4, 0.5) is 10.7 Å². The van der Waals surface area contributed by atoms with Crippen molar-refractivity contribution in [2.75, 3.05) is 42.9 Å². The van der Waals surface area contributed by atoms with Crippen molar-refractivity contribution in [1.29, 1.82) is 5.26 Å². The van der Waals surface area contributed by atoms with E-state index in [0.29, 0.717) is 12.1 Å². The Bertz CT molecular complexity index is 982. The minimum absolute atomic E-state index is 0.0515. The minimum atomic E-state index is -0.0515. The van der Waals surface area contributed by atoms with Crippen LogP contribution in [0.25, 0.3) is 0 Å². The minimum Gasteiger partial charge on any atom is -0.369 e.